The number of hydrogen-bond acceptors (Lipinski definition) is 2. The summed E-state index contributed by atoms with van der Waals surface area (Å²) >= 11 is 0. The first kappa shape index (κ1) is 12.2. The molecule has 3 atom stereocenters. The maximum atomic E-state index is 11.7. The van der Waals surface area contributed by atoms with Crippen LogP contribution in [-0.2, 0) is 9.53 Å². The van der Waals surface area contributed by atoms with E-state index >= 15 is 0 Å². The van der Waals surface area contributed by atoms with Gasteiger partial charge in [0.25, 0.3) is 0 Å². The second-order valence-corrected chi connectivity index (χ2v) is 5.38. The van der Waals surface area contributed by atoms with E-state index in [9.17, 15) is 4.79 Å². The molecule has 0 amide bonds. The predicted octanol–water partition coefficient (Wildman–Crippen LogP) is 3.70. The Morgan fingerprint density at radius 1 is 1.32 bits per heavy atom. The van der Waals surface area contributed by atoms with E-state index in [1.165, 1.54) is 6.08 Å². The summed E-state index contributed by atoms with van der Waals surface area (Å²) in [5, 5.41) is 0. The predicted molar refractivity (Wildman–Crippen MR) is 75.1 cm³/mol. The number of ether oxygens (including phenoxy) is 1. The Balaban J connectivity index is 1.56. The zero-order chi connectivity index (χ0) is 13.2. The minimum absolute atomic E-state index is 0.307. The van der Waals surface area contributed by atoms with Crippen molar-refractivity contribution in [2.75, 3.05) is 0 Å². The van der Waals surface area contributed by atoms with Crippen molar-refractivity contribution >= 4 is 5.97 Å². The third-order valence-electron chi connectivity index (χ3n) is 4.00. The van der Waals surface area contributed by atoms with Crippen LogP contribution in [0.2, 0.25) is 0 Å². The van der Waals surface area contributed by atoms with Crippen molar-refractivity contribution in [1.29, 1.82) is 0 Å². The van der Waals surface area contributed by atoms with Gasteiger partial charge in [-0.3, -0.25) is 0 Å². The molecule has 0 aliphatic heterocycles. The van der Waals surface area contributed by atoms with Crippen molar-refractivity contribution in [3.05, 3.63) is 59.9 Å². The van der Waals surface area contributed by atoms with Gasteiger partial charge in [0.1, 0.15) is 5.76 Å². The fourth-order valence-corrected chi connectivity index (χ4v) is 2.68. The van der Waals surface area contributed by atoms with Gasteiger partial charge in [0.05, 0.1) is 0 Å². The van der Waals surface area contributed by atoms with Gasteiger partial charge in [0.2, 0.25) is 0 Å². The number of carbonyl (C=O) groups excluding carboxylic acids is 1. The van der Waals surface area contributed by atoms with E-state index < -0.39 is 0 Å². The van der Waals surface area contributed by atoms with Crippen LogP contribution in [0.1, 0.15) is 19.8 Å². The second-order valence-electron chi connectivity index (χ2n) is 5.38. The molecule has 3 rings (SSSR count). The summed E-state index contributed by atoms with van der Waals surface area (Å²) in [6.45, 7) is 2.26. The molecule has 0 bridgehead atoms. The van der Waals surface area contributed by atoms with Crippen LogP contribution in [0.15, 0.2) is 59.9 Å². The lowest BCUT2D eigenvalue weighted by Crippen LogP contribution is -2.00. The highest BCUT2D eigenvalue weighted by Crippen LogP contribution is 2.50. The highest BCUT2D eigenvalue weighted by atomic mass is 16.5. The molecule has 0 heterocycles. The van der Waals surface area contributed by atoms with E-state index in [0.717, 1.165) is 30.3 Å². The summed E-state index contributed by atoms with van der Waals surface area (Å²) in [5.41, 5.74) is 1.11. The van der Waals surface area contributed by atoms with Gasteiger partial charge in [-0.15, -0.1) is 0 Å². The maximum Gasteiger partial charge on any atom is 0.336 e. The highest BCUT2D eigenvalue weighted by Gasteiger charge is 2.44. The quantitative estimate of drug-likeness (QED) is 0.567. The fraction of sp³-hybridized carbons (Fsp3) is 0.353. The molecule has 3 aliphatic carbocycles. The van der Waals surface area contributed by atoms with E-state index in [2.05, 4.69) is 25.2 Å². The van der Waals surface area contributed by atoms with Gasteiger partial charge >= 0.3 is 5.97 Å². The molecule has 2 nitrogen and oxygen atoms in total. The number of hydrogen-bond donors (Lipinski definition) is 0. The number of esters is 1. The smallest absolute Gasteiger partial charge is 0.336 e. The van der Waals surface area contributed by atoms with Crippen LogP contribution in [0, 0.1) is 17.8 Å². The van der Waals surface area contributed by atoms with Crippen LogP contribution in [0.3, 0.4) is 0 Å². The molecule has 1 saturated carbocycles. The number of fused-ring (bicyclic) bond motifs is 1. The van der Waals surface area contributed by atoms with Crippen molar-refractivity contribution in [1.82, 2.24) is 0 Å². The molecular formula is C17H18O2. The van der Waals surface area contributed by atoms with Crippen LogP contribution in [0.4, 0.5) is 0 Å². The lowest BCUT2D eigenvalue weighted by molar-refractivity contribution is -0.133. The van der Waals surface area contributed by atoms with Crippen LogP contribution >= 0.6 is 0 Å². The maximum absolute atomic E-state index is 11.7. The molecule has 0 saturated heterocycles. The van der Waals surface area contributed by atoms with E-state index in [1.54, 1.807) is 0 Å². The standard InChI is InChI=1S/C17H18O2/c1-12-15-9-7-13(11-16(12)15)8-10-17(18)19-14-5-3-2-4-6-14/h3,5-12,15-16H,2,4H2,1H3/b10-8+. The average molecular weight is 254 g/mol. The van der Waals surface area contributed by atoms with E-state index in [1.807, 2.05) is 24.3 Å². The summed E-state index contributed by atoms with van der Waals surface area (Å²) in [5.74, 6) is 2.50. The molecular weight excluding hydrogens is 236 g/mol. The van der Waals surface area contributed by atoms with Gasteiger partial charge in [-0.05, 0) is 54.4 Å². The third-order valence-corrected chi connectivity index (χ3v) is 4.00. The topological polar surface area (TPSA) is 26.3 Å². The Hall–Kier alpha value is -1.83. The van der Waals surface area contributed by atoms with Crippen LogP contribution in [0.5, 0.6) is 0 Å². The third kappa shape index (κ3) is 2.78. The number of carbonyl (C=O) groups is 1. The molecule has 0 aromatic heterocycles. The number of rotatable bonds is 3. The van der Waals surface area contributed by atoms with E-state index in [0.29, 0.717) is 11.7 Å². The molecule has 98 valence electrons. The molecule has 3 aliphatic rings. The molecule has 0 aromatic carbocycles. The average Bonchev–Trinajstić information content (AvgIpc) is 3.08. The molecule has 0 spiro atoms. The zero-order valence-electron chi connectivity index (χ0n) is 11.1. The van der Waals surface area contributed by atoms with Crippen molar-refractivity contribution in [2.45, 2.75) is 19.8 Å². The van der Waals surface area contributed by atoms with Gasteiger partial charge in [0.15, 0.2) is 0 Å². The summed E-state index contributed by atoms with van der Waals surface area (Å²) in [6, 6.07) is 0. The largest absolute Gasteiger partial charge is 0.424 e. The molecule has 19 heavy (non-hydrogen) atoms. The summed E-state index contributed by atoms with van der Waals surface area (Å²) in [7, 11) is 0. The van der Waals surface area contributed by atoms with Crippen LogP contribution in [-0.4, -0.2) is 5.97 Å². The van der Waals surface area contributed by atoms with Gasteiger partial charge in [-0.25, -0.2) is 4.79 Å². The van der Waals surface area contributed by atoms with Gasteiger partial charge in [-0.2, -0.15) is 0 Å². The Kier molecular flexibility index (Phi) is 3.24. The minimum Gasteiger partial charge on any atom is -0.424 e. The first-order valence-corrected chi connectivity index (χ1v) is 6.90. The Labute approximate surface area is 113 Å². The van der Waals surface area contributed by atoms with E-state index in [-0.39, 0.29) is 5.97 Å². The van der Waals surface area contributed by atoms with Crippen molar-refractivity contribution in [3.63, 3.8) is 0 Å². The molecule has 3 unspecified atom stereocenters. The van der Waals surface area contributed by atoms with Crippen LogP contribution < -0.4 is 0 Å². The molecule has 0 radical (unpaired) electrons. The lowest BCUT2D eigenvalue weighted by Gasteiger charge is -2.05. The Bertz CT molecular complexity index is 531. The zero-order valence-corrected chi connectivity index (χ0v) is 11.1. The summed E-state index contributed by atoms with van der Waals surface area (Å²) < 4.78 is 5.24. The molecule has 2 heteroatoms. The van der Waals surface area contributed by atoms with E-state index in [4.69, 9.17) is 4.74 Å². The molecule has 0 N–H and O–H groups in total. The normalized spacial score (nSPS) is 31.7. The second kappa shape index (κ2) is 5.04. The minimum atomic E-state index is -0.307. The number of allylic oxidation sites excluding steroid dienone is 8. The lowest BCUT2D eigenvalue weighted by atomic mass is 10.1. The van der Waals surface area contributed by atoms with Crippen molar-refractivity contribution in [2.24, 2.45) is 17.8 Å². The SMILES string of the molecule is CC1C2C=CC(/C=C/C(=O)OC3=CCCC=C3)=CC12. The van der Waals surface area contributed by atoms with Gasteiger partial charge in [-0.1, -0.05) is 31.2 Å². The van der Waals surface area contributed by atoms with Gasteiger partial charge in [0, 0.05) is 6.08 Å². The van der Waals surface area contributed by atoms with Crippen molar-refractivity contribution < 1.29 is 9.53 Å². The Morgan fingerprint density at radius 3 is 2.95 bits per heavy atom. The summed E-state index contributed by atoms with van der Waals surface area (Å²) in [6.07, 6.45) is 17.7. The monoisotopic (exact) mass is 254 g/mol. The van der Waals surface area contributed by atoms with Crippen LogP contribution in [0.25, 0.3) is 0 Å². The molecule has 0 aromatic rings. The van der Waals surface area contributed by atoms with Gasteiger partial charge < -0.3 is 4.74 Å². The summed E-state index contributed by atoms with van der Waals surface area (Å²) in [4.78, 5) is 11.7. The first-order chi connectivity index (χ1) is 9.24. The van der Waals surface area contributed by atoms with Crippen molar-refractivity contribution in [3.8, 4) is 0 Å². The first-order valence-electron chi connectivity index (χ1n) is 6.90. The fourth-order valence-electron chi connectivity index (χ4n) is 2.68. The Morgan fingerprint density at radius 2 is 2.21 bits per heavy atom. The molecule has 1 fully saturated rings. The highest BCUT2D eigenvalue weighted by molar-refractivity contribution is 5.83.